The maximum absolute atomic E-state index is 14.4. The van der Waals surface area contributed by atoms with E-state index in [1.54, 1.807) is 31.2 Å². The summed E-state index contributed by atoms with van der Waals surface area (Å²) in [4.78, 5) is 1.50. The average molecular weight is 327 g/mol. The van der Waals surface area contributed by atoms with Crippen LogP contribution in [-0.2, 0) is 0 Å². The normalized spacial score (nSPS) is 14.9. The van der Waals surface area contributed by atoms with Crippen molar-refractivity contribution in [3.8, 4) is 0 Å². The van der Waals surface area contributed by atoms with E-state index in [1.165, 1.54) is 29.2 Å². The zero-order valence-corrected chi connectivity index (χ0v) is 13.2. The molecule has 0 N–H and O–H groups in total. The van der Waals surface area contributed by atoms with Gasteiger partial charge in [-0.05, 0) is 30.7 Å². The van der Waals surface area contributed by atoms with Crippen LogP contribution in [-0.4, -0.2) is 11.4 Å². The highest BCUT2D eigenvalue weighted by Gasteiger charge is 2.29. The smallest absolute Gasteiger partial charge is 0.146 e. The van der Waals surface area contributed by atoms with Crippen LogP contribution >= 0.6 is 0 Å². The summed E-state index contributed by atoms with van der Waals surface area (Å²) in [5.74, 6) is -1.91. The quantitative estimate of drug-likeness (QED) is 0.716. The molecular formula is C20H16F3N. The Kier molecular flexibility index (Phi) is 4.30. The summed E-state index contributed by atoms with van der Waals surface area (Å²) in [7, 11) is 0. The molecule has 0 fully saturated rings. The highest BCUT2D eigenvalue weighted by Crippen LogP contribution is 2.40. The number of hydrogen-bond acceptors (Lipinski definition) is 1. The van der Waals surface area contributed by atoms with Crippen molar-refractivity contribution in [1.29, 1.82) is 0 Å². The Bertz CT molecular complexity index is 830. The molecule has 3 rings (SSSR count). The standard InChI is InChI=1S/C20H16F3N/c1-3-24-13(2)18(23)12-15(14-8-5-4-6-9-14)20(24)19-16(21)10-7-11-17(19)22/h4-12H,2-3H2,1H3. The second-order valence-electron chi connectivity index (χ2n) is 5.41. The molecule has 2 aromatic rings. The van der Waals surface area contributed by atoms with Gasteiger partial charge in [-0.15, -0.1) is 0 Å². The Morgan fingerprint density at radius 3 is 2.12 bits per heavy atom. The molecule has 0 atom stereocenters. The van der Waals surface area contributed by atoms with Gasteiger partial charge in [-0.25, -0.2) is 13.2 Å². The largest absolute Gasteiger partial charge is 0.339 e. The van der Waals surface area contributed by atoms with Gasteiger partial charge in [0.2, 0.25) is 0 Å². The molecule has 1 aliphatic rings. The first-order valence-electron chi connectivity index (χ1n) is 7.62. The van der Waals surface area contributed by atoms with Crippen LogP contribution in [0.4, 0.5) is 13.2 Å². The Hall–Kier alpha value is -2.75. The van der Waals surface area contributed by atoms with Gasteiger partial charge in [-0.3, -0.25) is 0 Å². The molecule has 0 aliphatic carbocycles. The fraction of sp³-hybridized carbons (Fsp3) is 0.100. The molecule has 0 aromatic heterocycles. The Labute approximate surface area is 139 Å². The lowest BCUT2D eigenvalue weighted by molar-refractivity contribution is 0.469. The second-order valence-corrected chi connectivity index (χ2v) is 5.41. The number of likely N-dealkylation sites (N-methyl/N-ethyl adjacent to an activating group) is 1. The zero-order valence-electron chi connectivity index (χ0n) is 13.2. The van der Waals surface area contributed by atoms with Crippen LogP contribution in [0, 0.1) is 11.6 Å². The summed E-state index contributed by atoms with van der Waals surface area (Å²) in [6.07, 6.45) is 1.28. The van der Waals surface area contributed by atoms with E-state index in [9.17, 15) is 13.2 Å². The first-order chi connectivity index (χ1) is 11.5. The van der Waals surface area contributed by atoms with Crippen molar-refractivity contribution >= 4 is 11.3 Å². The first kappa shape index (κ1) is 16.1. The van der Waals surface area contributed by atoms with E-state index in [1.807, 2.05) is 6.07 Å². The molecule has 2 aromatic carbocycles. The fourth-order valence-corrected chi connectivity index (χ4v) is 2.87. The maximum Gasteiger partial charge on any atom is 0.146 e. The summed E-state index contributed by atoms with van der Waals surface area (Å²) in [6, 6.07) is 12.7. The molecule has 0 saturated heterocycles. The van der Waals surface area contributed by atoms with Crippen LogP contribution in [0.3, 0.4) is 0 Å². The highest BCUT2D eigenvalue weighted by atomic mass is 19.1. The highest BCUT2D eigenvalue weighted by molar-refractivity contribution is 5.97. The maximum atomic E-state index is 14.4. The van der Waals surface area contributed by atoms with E-state index in [4.69, 9.17) is 0 Å². The summed E-state index contributed by atoms with van der Waals surface area (Å²) < 4.78 is 43.2. The van der Waals surface area contributed by atoms with E-state index in [2.05, 4.69) is 6.58 Å². The Morgan fingerprint density at radius 1 is 0.917 bits per heavy atom. The summed E-state index contributed by atoms with van der Waals surface area (Å²) >= 11 is 0. The van der Waals surface area contributed by atoms with Crippen molar-refractivity contribution in [2.75, 3.05) is 6.54 Å². The van der Waals surface area contributed by atoms with Crippen LogP contribution < -0.4 is 0 Å². The monoisotopic (exact) mass is 327 g/mol. The number of rotatable bonds is 3. The number of allylic oxidation sites excluding steroid dienone is 3. The van der Waals surface area contributed by atoms with Gasteiger partial charge < -0.3 is 4.90 Å². The predicted octanol–water partition coefficient (Wildman–Crippen LogP) is 5.54. The molecule has 0 amide bonds. The molecule has 0 radical (unpaired) electrons. The number of halogens is 3. The fourth-order valence-electron chi connectivity index (χ4n) is 2.87. The van der Waals surface area contributed by atoms with Crippen LogP contribution in [0.15, 0.2) is 72.7 Å². The van der Waals surface area contributed by atoms with Crippen molar-refractivity contribution in [1.82, 2.24) is 4.90 Å². The first-order valence-corrected chi connectivity index (χ1v) is 7.62. The van der Waals surface area contributed by atoms with Crippen molar-refractivity contribution in [2.45, 2.75) is 6.92 Å². The van der Waals surface area contributed by atoms with Gasteiger partial charge in [0.25, 0.3) is 0 Å². The van der Waals surface area contributed by atoms with Crippen molar-refractivity contribution in [2.24, 2.45) is 0 Å². The lowest BCUT2D eigenvalue weighted by Crippen LogP contribution is -2.26. The van der Waals surface area contributed by atoms with E-state index in [0.29, 0.717) is 17.7 Å². The Morgan fingerprint density at radius 2 is 1.54 bits per heavy atom. The van der Waals surface area contributed by atoms with Gasteiger partial charge in [-0.2, -0.15) is 0 Å². The van der Waals surface area contributed by atoms with Crippen LogP contribution in [0.2, 0.25) is 0 Å². The van der Waals surface area contributed by atoms with Gasteiger partial charge in [0.15, 0.2) is 0 Å². The van der Waals surface area contributed by atoms with Gasteiger partial charge in [-0.1, -0.05) is 43.0 Å². The molecule has 0 spiro atoms. The van der Waals surface area contributed by atoms with E-state index in [0.717, 1.165) is 0 Å². The summed E-state index contributed by atoms with van der Waals surface area (Å²) in [5.41, 5.74) is 1.30. The topological polar surface area (TPSA) is 3.24 Å². The van der Waals surface area contributed by atoms with E-state index >= 15 is 0 Å². The molecule has 0 unspecified atom stereocenters. The molecule has 1 aliphatic heterocycles. The van der Waals surface area contributed by atoms with Gasteiger partial charge in [0, 0.05) is 12.1 Å². The molecule has 122 valence electrons. The van der Waals surface area contributed by atoms with Crippen LogP contribution in [0.5, 0.6) is 0 Å². The molecule has 24 heavy (non-hydrogen) atoms. The molecule has 1 nitrogen and oxygen atoms in total. The second kappa shape index (κ2) is 6.40. The average Bonchev–Trinajstić information content (AvgIpc) is 2.58. The SMILES string of the molecule is C=C1C(F)=CC(c2ccccc2)=C(c2c(F)cccc2F)N1CC. The minimum Gasteiger partial charge on any atom is -0.339 e. The van der Waals surface area contributed by atoms with Crippen molar-refractivity contribution < 1.29 is 13.2 Å². The van der Waals surface area contributed by atoms with E-state index in [-0.39, 0.29) is 17.0 Å². The number of benzene rings is 2. The molecule has 1 heterocycles. The van der Waals surface area contributed by atoms with Gasteiger partial charge in [0.05, 0.1) is 17.0 Å². The third kappa shape index (κ3) is 2.64. The molecular weight excluding hydrogens is 311 g/mol. The number of nitrogens with zero attached hydrogens (tertiary/aromatic N) is 1. The molecule has 0 saturated carbocycles. The lowest BCUT2D eigenvalue weighted by atomic mass is 9.94. The molecule has 0 bridgehead atoms. The summed E-state index contributed by atoms with van der Waals surface area (Å²) in [5, 5.41) is 0. The lowest BCUT2D eigenvalue weighted by Gasteiger charge is -2.33. The van der Waals surface area contributed by atoms with Gasteiger partial charge in [0.1, 0.15) is 17.5 Å². The minimum atomic E-state index is -0.694. The minimum absolute atomic E-state index is 0.0924. The van der Waals surface area contributed by atoms with Crippen molar-refractivity contribution in [3.05, 3.63) is 95.5 Å². The zero-order chi connectivity index (χ0) is 17.3. The van der Waals surface area contributed by atoms with Crippen molar-refractivity contribution in [3.63, 3.8) is 0 Å². The summed E-state index contributed by atoms with van der Waals surface area (Å²) in [6.45, 7) is 5.83. The third-order valence-electron chi connectivity index (χ3n) is 4.00. The number of hydrogen-bond donors (Lipinski definition) is 0. The Balaban J connectivity index is 2.37. The van der Waals surface area contributed by atoms with Gasteiger partial charge >= 0.3 is 0 Å². The molecule has 4 heteroatoms. The van der Waals surface area contributed by atoms with Crippen LogP contribution in [0.25, 0.3) is 11.3 Å². The predicted molar refractivity (Wildman–Crippen MR) is 90.3 cm³/mol. The van der Waals surface area contributed by atoms with E-state index < -0.39 is 17.5 Å². The third-order valence-corrected chi connectivity index (χ3v) is 4.00. The van der Waals surface area contributed by atoms with Crippen LogP contribution in [0.1, 0.15) is 18.1 Å².